The van der Waals surface area contributed by atoms with Gasteiger partial charge in [-0.2, -0.15) is 0 Å². The van der Waals surface area contributed by atoms with E-state index < -0.39 is 11.4 Å². The Hall–Kier alpha value is -2.04. The first-order valence-corrected chi connectivity index (χ1v) is 5.98. The van der Waals surface area contributed by atoms with Gasteiger partial charge in [0.25, 0.3) is 0 Å². The molecule has 0 spiro atoms. The van der Waals surface area contributed by atoms with Crippen molar-refractivity contribution in [3.05, 3.63) is 29.8 Å². The maximum atomic E-state index is 11.7. The summed E-state index contributed by atoms with van der Waals surface area (Å²) < 4.78 is 5.03. The minimum atomic E-state index is -0.963. The van der Waals surface area contributed by atoms with Gasteiger partial charge in [0.15, 0.2) is 0 Å². The van der Waals surface area contributed by atoms with E-state index in [1.54, 1.807) is 45.2 Å². The molecule has 0 saturated heterocycles. The molecule has 0 saturated carbocycles. The van der Waals surface area contributed by atoms with Gasteiger partial charge in [0.2, 0.25) is 5.91 Å². The Balaban J connectivity index is 2.49. The van der Waals surface area contributed by atoms with Crippen LogP contribution in [-0.2, 0) is 16.0 Å². The average Bonchev–Trinajstić information content (AvgIpc) is 2.37. The first-order valence-electron chi connectivity index (χ1n) is 5.98. The van der Waals surface area contributed by atoms with E-state index in [1.807, 2.05) is 0 Å². The second kappa shape index (κ2) is 6.22. The van der Waals surface area contributed by atoms with Gasteiger partial charge < -0.3 is 15.2 Å². The van der Waals surface area contributed by atoms with Crippen LogP contribution in [0.1, 0.15) is 19.4 Å². The zero-order valence-corrected chi connectivity index (χ0v) is 11.4. The number of nitrogens with one attached hydrogen (secondary N) is 1. The molecule has 2 N–H and O–H groups in total. The fourth-order valence-electron chi connectivity index (χ4n) is 1.39. The second-order valence-corrected chi connectivity index (χ2v) is 4.99. The normalized spacial score (nSPS) is 10.9. The van der Waals surface area contributed by atoms with E-state index in [2.05, 4.69) is 5.32 Å². The topological polar surface area (TPSA) is 75.6 Å². The summed E-state index contributed by atoms with van der Waals surface area (Å²) in [5.74, 6) is -0.395. The van der Waals surface area contributed by atoms with Gasteiger partial charge in [-0.1, -0.05) is 12.1 Å². The van der Waals surface area contributed by atoms with Crippen LogP contribution in [0.3, 0.4) is 0 Å². The summed E-state index contributed by atoms with van der Waals surface area (Å²) >= 11 is 0. The number of hydrogen-bond acceptors (Lipinski definition) is 3. The molecule has 5 heteroatoms. The van der Waals surface area contributed by atoms with Gasteiger partial charge in [-0.05, 0) is 31.5 Å². The van der Waals surface area contributed by atoms with Gasteiger partial charge in [0.1, 0.15) is 5.75 Å². The minimum Gasteiger partial charge on any atom is -0.497 e. The predicted octanol–water partition coefficient (Wildman–Crippen LogP) is 1.46. The molecule has 0 fully saturated rings. The van der Waals surface area contributed by atoms with Gasteiger partial charge in [-0.3, -0.25) is 9.59 Å². The Bertz CT molecular complexity index is 451. The molecule has 0 heterocycles. The Morgan fingerprint density at radius 1 is 1.26 bits per heavy atom. The lowest BCUT2D eigenvalue weighted by atomic mass is 9.94. The molecule has 0 aliphatic heterocycles. The number of carbonyl (C=O) groups is 2. The standard InChI is InChI=1S/C14H19NO4/c1-14(2,13(17)18)9-15-12(16)8-10-4-6-11(19-3)7-5-10/h4-7H,8-9H2,1-3H3,(H,15,16)(H,17,18). The van der Waals surface area contributed by atoms with Crippen molar-refractivity contribution in [1.82, 2.24) is 5.32 Å². The monoisotopic (exact) mass is 265 g/mol. The third kappa shape index (κ3) is 4.62. The predicted molar refractivity (Wildman–Crippen MR) is 71.1 cm³/mol. The molecule has 0 aliphatic carbocycles. The van der Waals surface area contributed by atoms with Crippen molar-refractivity contribution in [3.8, 4) is 5.75 Å². The highest BCUT2D eigenvalue weighted by atomic mass is 16.5. The van der Waals surface area contributed by atoms with Crippen molar-refractivity contribution in [2.24, 2.45) is 5.41 Å². The number of hydrogen-bond donors (Lipinski definition) is 2. The van der Waals surface area contributed by atoms with Crippen LogP contribution < -0.4 is 10.1 Å². The number of rotatable bonds is 6. The third-order valence-electron chi connectivity index (χ3n) is 2.83. The highest BCUT2D eigenvalue weighted by molar-refractivity contribution is 5.80. The summed E-state index contributed by atoms with van der Waals surface area (Å²) in [4.78, 5) is 22.6. The van der Waals surface area contributed by atoms with Crippen LogP contribution in [0.25, 0.3) is 0 Å². The molecule has 1 rings (SSSR count). The van der Waals surface area contributed by atoms with Crippen LogP contribution >= 0.6 is 0 Å². The molecule has 1 aromatic rings. The highest BCUT2D eigenvalue weighted by Gasteiger charge is 2.27. The van der Waals surface area contributed by atoms with E-state index in [4.69, 9.17) is 9.84 Å². The molecule has 0 aromatic heterocycles. The smallest absolute Gasteiger partial charge is 0.310 e. The van der Waals surface area contributed by atoms with Crippen molar-refractivity contribution in [2.75, 3.05) is 13.7 Å². The molecule has 0 radical (unpaired) electrons. The average molecular weight is 265 g/mol. The van der Waals surface area contributed by atoms with Gasteiger partial charge in [0.05, 0.1) is 18.9 Å². The highest BCUT2D eigenvalue weighted by Crippen LogP contribution is 2.14. The maximum Gasteiger partial charge on any atom is 0.310 e. The fraction of sp³-hybridized carbons (Fsp3) is 0.429. The third-order valence-corrected chi connectivity index (χ3v) is 2.83. The number of ether oxygens (including phenoxy) is 1. The number of carboxylic acid groups (broad SMARTS) is 1. The minimum absolute atomic E-state index is 0.108. The van der Waals surface area contributed by atoms with Crippen LogP contribution in [0.5, 0.6) is 5.75 Å². The summed E-state index contributed by atoms with van der Waals surface area (Å²) in [6, 6.07) is 7.18. The second-order valence-electron chi connectivity index (χ2n) is 4.99. The summed E-state index contributed by atoms with van der Waals surface area (Å²) in [6.45, 7) is 3.25. The molecule has 0 atom stereocenters. The molecule has 5 nitrogen and oxygen atoms in total. The SMILES string of the molecule is COc1ccc(CC(=O)NCC(C)(C)C(=O)O)cc1. The van der Waals surface area contributed by atoms with Gasteiger partial charge in [-0.25, -0.2) is 0 Å². The van der Waals surface area contributed by atoms with E-state index in [0.29, 0.717) is 0 Å². The number of amides is 1. The van der Waals surface area contributed by atoms with E-state index in [-0.39, 0.29) is 18.9 Å². The summed E-state index contributed by atoms with van der Waals surface area (Å²) in [5, 5.41) is 11.6. The quantitative estimate of drug-likeness (QED) is 0.816. The Morgan fingerprint density at radius 2 is 1.84 bits per heavy atom. The summed E-state index contributed by atoms with van der Waals surface area (Å²) in [6.07, 6.45) is 0.222. The lowest BCUT2D eigenvalue weighted by Crippen LogP contribution is -2.39. The van der Waals surface area contributed by atoms with E-state index >= 15 is 0 Å². The molecule has 1 amide bonds. The molecule has 104 valence electrons. The Morgan fingerprint density at radius 3 is 2.32 bits per heavy atom. The number of methoxy groups -OCH3 is 1. The van der Waals surface area contributed by atoms with Crippen molar-refractivity contribution < 1.29 is 19.4 Å². The molecule has 0 bridgehead atoms. The van der Waals surface area contributed by atoms with Crippen LogP contribution in [-0.4, -0.2) is 30.6 Å². The molecule has 0 aliphatic rings. The lowest BCUT2D eigenvalue weighted by molar-refractivity contribution is -0.146. The van der Waals surface area contributed by atoms with Gasteiger partial charge >= 0.3 is 5.97 Å². The molecule has 19 heavy (non-hydrogen) atoms. The van der Waals surface area contributed by atoms with Gasteiger partial charge in [0, 0.05) is 6.54 Å². The molecular weight excluding hydrogens is 246 g/mol. The van der Waals surface area contributed by atoms with Crippen molar-refractivity contribution >= 4 is 11.9 Å². The first-order chi connectivity index (χ1) is 8.85. The van der Waals surface area contributed by atoms with E-state index in [1.165, 1.54) is 0 Å². The Labute approximate surface area is 112 Å². The zero-order chi connectivity index (χ0) is 14.5. The summed E-state index contributed by atoms with van der Waals surface area (Å²) in [7, 11) is 1.58. The summed E-state index contributed by atoms with van der Waals surface area (Å²) in [5.41, 5.74) is -0.110. The lowest BCUT2D eigenvalue weighted by Gasteiger charge is -2.19. The molecular formula is C14H19NO4. The van der Waals surface area contributed by atoms with Crippen molar-refractivity contribution in [3.63, 3.8) is 0 Å². The number of carboxylic acids is 1. The van der Waals surface area contributed by atoms with Crippen LogP contribution in [0.15, 0.2) is 24.3 Å². The van der Waals surface area contributed by atoms with Crippen LogP contribution in [0, 0.1) is 5.41 Å². The van der Waals surface area contributed by atoms with Crippen molar-refractivity contribution in [2.45, 2.75) is 20.3 Å². The number of aliphatic carboxylic acids is 1. The van der Waals surface area contributed by atoms with E-state index in [9.17, 15) is 9.59 Å². The fourth-order valence-corrected chi connectivity index (χ4v) is 1.39. The van der Waals surface area contributed by atoms with Crippen LogP contribution in [0.4, 0.5) is 0 Å². The molecule has 1 aromatic carbocycles. The number of benzene rings is 1. The van der Waals surface area contributed by atoms with Crippen molar-refractivity contribution in [1.29, 1.82) is 0 Å². The van der Waals surface area contributed by atoms with Gasteiger partial charge in [-0.15, -0.1) is 0 Å². The molecule has 0 unspecified atom stereocenters. The first kappa shape index (κ1) is 15.0. The zero-order valence-electron chi connectivity index (χ0n) is 11.4. The Kier molecular flexibility index (Phi) is 4.92. The maximum absolute atomic E-state index is 11.7. The van der Waals surface area contributed by atoms with Crippen LogP contribution in [0.2, 0.25) is 0 Å². The van der Waals surface area contributed by atoms with E-state index in [0.717, 1.165) is 11.3 Å². The number of carbonyl (C=O) groups excluding carboxylic acids is 1. The largest absolute Gasteiger partial charge is 0.497 e.